The molecule has 17 heavy (non-hydrogen) atoms. The Morgan fingerprint density at radius 2 is 1.94 bits per heavy atom. The van der Waals surface area contributed by atoms with Crippen LogP contribution in [-0.2, 0) is 0 Å². The molecule has 1 nitrogen and oxygen atoms in total. The van der Waals surface area contributed by atoms with Crippen molar-refractivity contribution in [3.8, 4) is 0 Å². The van der Waals surface area contributed by atoms with Gasteiger partial charge in [0.25, 0.3) is 0 Å². The standard InChI is InChI=1S/C13H10ClFOS/c1-7-3-9(6-10(15)4-7)12(16)11-5-8(2)13(14)17-11/h3-6H,1-2H3. The molecule has 0 N–H and O–H groups in total. The van der Waals surface area contributed by atoms with Crippen LogP contribution in [0.25, 0.3) is 0 Å². The molecule has 0 radical (unpaired) electrons. The summed E-state index contributed by atoms with van der Waals surface area (Å²) in [5.41, 5.74) is 1.96. The number of benzene rings is 1. The molecular weight excluding hydrogens is 259 g/mol. The van der Waals surface area contributed by atoms with Crippen LogP contribution in [0.5, 0.6) is 0 Å². The van der Waals surface area contributed by atoms with E-state index in [9.17, 15) is 9.18 Å². The third-order valence-electron chi connectivity index (χ3n) is 2.39. The molecule has 0 amide bonds. The normalized spacial score (nSPS) is 10.6. The molecule has 88 valence electrons. The first-order chi connectivity index (χ1) is 7.97. The molecule has 0 fully saturated rings. The van der Waals surface area contributed by atoms with Crippen LogP contribution >= 0.6 is 22.9 Å². The Bertz CT molecular complexity index is 549. The van der Waals surface area contributed by atoms with Gasteiger partial charge in [-0.25, -0.2) is 4.39 Å². The smallest absolute Gasteiger partial charge is 0.203 e. The van der Waals surface area contributed by atoms with E-state index in [2.05, 4.69) is 0 Å². The van der Waals surface area contributed by atoms with Gasteiger partial charge in [0.05, 0.1) is 9.21 Å². The molecule has 0 aliphatic carbocycles. The number of rotatable bonds is 2. The Morgan fingerprint density at radius 3 is 2.47 bits per heavy atom. The van der Waals surface area contributed by atoms with E-state index < -0.39 is 5.82 Å². The summed E-state index contributed by atoms with van der Waals surface area (Å²) in [5, 5.41) is 0. The van der Waals surface area contributed by atoms with Crippen molar-refractivity contribution in [2.45, 2.75) is 13.8 Å². The van der Waals surface area contributed by atoms with E-state index in [1.54, 1.807) is 19.1 Å². The van der Waals surface area contributed by atoms with Gasteiger partial charge >= 0.3 is 0 Å². The lowest BCUT2D eigenvalue weighted by atomic mass is 10.1. The molecule has 0 atom stereocenters. The van der Waals surface area contributed by atoms with Gasteiger partial charge in [0.15, 0.2) is 0 Å². The van der Waals surface area contributed by atoms with E-state index in [4.69, 9.17) is 11.6 Å². The van der Waals surface area contributed by atoms with Crippen molar-refractivity contribution in [1.82, 2.24) is 0 Å². The number of hydrogen-bond acceptors (Lipinski definition) is 2. The highest BCUT2D eigenvalue weighted by atomic mass is 35.5. The monoisotopic (exact) mass is 268 g/mol. The Hall–Kier alpha value is -1.19. The minimum absolute atomic E-state index is 0.187. The van der Waals surface area contributed by atoms with Crippen LogP contribution in [0, 0.1) is 19.7 Å². The minimum atomic E-state index is -0.396. The maximum atomic E-state index is 13.2. The molecular formula is C13H10ClFOS. The highest BCUT2D eigenvalue weighted by Crippen LogP contribution is 2.28. The topological polar surface area (TPSA) is 17.1 Å². The lowest BCUT2D eigenvalue weighted by Gasteiger charge is -2.00. The van der Waals surface area contributed by atoms with Crippen molar-refractivity contribution in [1.29, 1.82) is 0 Å². The van der Waals surface area contributed by atoms with Crippen molar-refractivity contribution in [3.05, 3.63) is 56.0 Å². The number of hydrogen-bond donors (Lipinski definition) is 0. The number of ketones is 1. The molecule has 4 heteroatoms. The fourth-order valence-corrected chi connectivity index (χ4v) is 2.74. The highest BCUT2D eigenvalue weighted by molar-refractivity contribution is 7.18. The maximum Gasteiger partial charge on any atom is 0.203 e. The van der Waals surface area contributed by atoms with Crippen LogP contribution in [0.4, 0.5) is 4.39 Å². The first kappa shape index (κ1) is 12.3. The summed E-state index contributed by atoms with van der Waals surface area (Å²) >= 11 is 7.14. The Morgan fingerprint density at radius 1 is 1.24 bits per heavy atom. The fourth-order valence-electron chi connectivity index (χ4n) is 1.58. The molecule has 2 rings (SSSR count). The number of halogens is 2. The Balaban J connectivity index is 2.43. The number of carbonyl (C=O) groups is 1. The van der Waals surface area contributed by atoms with Crippen molar-refractivity contribution in [2.24, 2.45) is 0 Å². The van der Waals surface area contributed by atoms with E-state index in [1.165, 1.54) is 23.5 Å². The van der Waals surface area contributed by atoms with Gasteiger partial charge in [0, 0.05) is 5.56 Å². The second-order valence-corrected chi connectivity index (χ2v) is 5.57. The summed E-state index contributed by atoms with van der Waals surface area (Å²) in [6.07, 6.45) is 0. The number of thiophene rings is 1. The van der Waals surface area contributed by atoms with Gasteiger partial charge < -0.3 is 0 Å². The molecule has 2 aromatic rings. The highest BCUT2D eigenvalue weighted by Gasteiger charge is 2.14. The second-order valence-electron chi connectivity index (χ2n) is 3.91. The summed E-state index contributed by atoms with van der Waals surface area (Å²) < 4.78 is 13.8. The molecule has 0 saturated carbocycles. The predicted molar refractivity (Wildman–Crippen MR) is 68.6 cm³/mol. The van der Waals surface area contributed by atoms with Crippen LogP contribution in [0.3, 0.4) is 0 Å². The van der Waals surface area contributed by atoms with Crippen LogP contribution in [0.15, 0.2) is 24.3 Å². The van der Waals surface area contributed by atoms with Gasteiger partial charge in [0.1, 0.15) is 5.82 Å². The van der Waals surface area contributed by atoms with Gasteiger partial charge in [-0.3, -0.25) is 4.79 Å². The van der Waals surface area contributed by atoms with Crippen molar-refractivity contribution < 1.29 is 9.18 Å². The average molecular weight is 269 g/mol. The van der Waals surface area contributed by atoms with Gasteiger partial charge in [-0.2, -0.15) is 0 Å². The zero-order chi connectivity index (χ0) is 12.6. The quantitative estimate of drug-likeness (QED) is 0.739. The Labute approximate surface area is 108 Å². The zero-order valence-corrected chi connectivity index (χ0v) is 11.0. The molecule has 0 unspecified atom stereocenters. The SMILES string of the molecule is Cc1cc(F)cc(C(=O)c2cc(C)c(Cl)s2)c1. The largest absolute Gasteiger partial charge is 0.288 e. The van der Waals surface area contributed by atoms with Crippen molar-refractivity contribution in [2.75, 3.05) is 0 Å². The first-order valence-corrected chi connectivity index (χ1v) is 6.24. The lowest BCUT2D eigenvalue weighted by Crippen LogP contribution is -1.99. The van der Waals surface area contributed by atoms with Gasteiger partial charge in [-0.05, 0) is 49.2 Å². The molecule has 1 heterocycles. The zero-order valence-electron chi connectivity index (χ0n) is 9.38. The maximum absolute atomic E-state index is 13.2. The van der Waals surface area contributed by atoms with E-state index in [-0.39, 0.29) is 5.78 Å². The third-order valence-corrected chi connectivity index (χ3v) is 3.94. The molecule has 0 aliphatic heterocycles. The molecule has 1 aromatic heterocycles. The van der Waals surface area contributed by atoms with Crippen LogP contribution in [0.1, 0.15) is 26.4 Å². The summed E-state index contributed by atoms with van der Waals surface area (Å²) in [7, 11) is 0. The van der Waals surface area contributed by atoms with Gasteiger partial charge in [0.2, 0.25) is 5.78 Å². The second kappa shape index (κ2) is 4.59. The number of carbonyl (C=O) groups excluding carboxylic acids is 1. The van der Waals surface area contributed by atoms with Crippen molar-refractivity contribution >= 4 is 28.7 Å². The Kier molecular flexibility index (Phi) is 3.31. The summed E-state index contributed by atoms with van der Waals surface area (Å²) in [5.74, 6) is -0.583. The third kappa shape index (κ3) is 2.56. The molecule has 0 aliphatic rings. The molecule has 1 aromatic carbocycles. The van der Waals surface area contributed by atoms with E-state index in [0.717, 1.165) is 11.1 Å². The summed E-state index contributed by atoms with van der Waals surface area (Å²) in [6.45, 7) is 3.60. The summed E-state index contributed by atoms with van der Waals surface area (Å²) in [4.78, 5) is 12.6. The molecule has 0 saturated heterocycles. The van der Waals surface area contributed by atoms with E-state index in [1.807, 2.05) is 6.92 Å². The van der Waals surface area contributed by atoms with Crippen molar-refractivity contribution in [3.63, 3.8) is 0 Å². The van der Waals surface area contributed by atoms with Crippen LogP contribution < -0.4 is 0 Å². The van der Waals surface area contributed by atoms with E-state index >= 15 is 0 Å². The molecule has 0 bridgehead atoms. The van der Waals surface area contributed by atoms with Crippen LogP contribution in [-0.4, -0.2) is 5.78 Å². The predicted octanol–water partition coefficient (Wildman–Crippen LogP) is 4.39. The van der Waals surface area contributed by atoms with Gasteiger partial charge in [-0.15, -0.1) is 11.3 Å². The van der Waals surface area contributed by atoms with E-state index in [0.29, 0.717) is 14.8 Å². The molecule has 0 spiro atoms. The fraction of sp³-hybridized carbons (Fsp3) is 0.154. The lowest BCUT2D eigenvalue weighted by molar-refractivity contribution is 0.104. The van der Waals surface area contributed by atoms with Gasteiger partial charge in [-0.1, -0.05) is 11.6 Å². The minimum Gasteiger partial charge on any atom is -0.288 e. The first-order valence-electron chi connectivity index (χ1n) is 5.05. The van der Waals surface area contributed by atoms with Crippen LogP contribution in [0.2, 0.25) is 4.34 Å². The summed E-state index contributed by atoms with van der Waals surface area (Å²) in [6, 6.07) is 6.05. The average Bonchev–Trinajstić information content (AvgIpc) is 2.57. The number of aryl methyl sites for hydroxylation is 2.